The maximum Gasteiger partial charge on any atom is 0.296 e. The quantitative estimate of drug-likeness (QED) is 0.178. The van der Waals surface area contributed by atoms with Crippen molar-refractivity contribution in [2.75, 3.05) is 6.61 Å². The van der Waals surface area contributed by atoms with Gasteiger partial charge in [-0.05, 0) is 130 Å². The summed E-state index contributed by atoms with van der Waals surface area (Å²) in [5.74, 6) is 1.13. The summed E-state index contributed by atoms with van der Waals surface area (Å²) < 4.78 is 45.7. The summed E-state index contributed by atoms with van der Waals surface area (Å²) in [6.07, 6.45) is 14.1. The van der Waals surface area contributed by atoms with E-state index < -0.39 is 26.8 Å². The van der Waals surface area contributed by atoms with E-state index in [1.165, 1.54) is 24.8 Å². The minimum Gasteiger partial charge on any atom is -0.414 e. The van der Waals surface area contributed by atoms with Crippen molar-refractivity contribution in [2.45, 2.75) is 167 Å². The molecular weight excluding hydrogens is 649 g/mol. The van der Waals surface area contributed by atoms with Crippen molar-refractivity contribution in [3.63, 3.8) is 0 Å². The van der Waals surface area contributed by atoms with E-state index in [4.69, 9.17) is 13.0 Å². The Morgan fingerprint density at radius 3 is 1.96 bits per heavy atom. The van der Waals surface area contributed by atoms with Gasteiger partial charge in [0.1, 0.15) is 0 Å². The van der Waals surface area contributed by atoms with E-state index in [2.05, 4.69) is 93.7 Å². The maximum atomic E-state index is 13.0. The number of fused-ring (bicyclic) bond motifs is 1. The zero-order valence-corrected chi connectivity index (χ0v) is 35.5. The highest BCUT2D eigenvalue weighted by Gasteiger charge is 2.51. The van der Waals surface area contributed by atoms with Gasteiger partial charge in [-0.15, -0.1) is 0 Å². The molecular formula is C40H68O5SSi2. The highest BCUT2D eigenvalue weighted by Crippen LogP contribution is 2.59. The Hall–Kier alpha value is -1.04. The van der Waals surface area contributed by atoms with Crippen LogP contribution in [0.15, 0.2) is 52.5 Å². The Morgan fingerprint density at radius 2 is 1.44 bits per heavy atom. The molecule has 272 valence electrons. The first-order valence-corrected chi connectivity index (χ1v) is 25.9. The normalized spacial score (nSPS) is 29.2. The molecule has 0 radical (unpaired) electrons. The molecule has 0 bridgehead atoms. The summed E-state index contributed by atoms with van der Waals surface area (Å²) in [6, 6.07) is 6.93. The summed E-state index contributed by atoms with van der Waals surface area (Å²) in [5.41, 5.74) is 4.23. The fraction of sp³-hybridized carbons (Fsp3) is 0.750. The lowest BCUT2D eigenvalue weighted by Gasteiger charge is -2.45. The molecule has 4 rings (SSSR count). The lowest BCUT2D eigenvalue weighted by Crippen LogP contribution is -2.48. The number of hydrogen-bond acceptors (Lipinski definition) is 5. The molecule has 6 atom stereocenters. The van der Waals surface area contributed by atoms with Crippen LogP contribution in [0, 0.1) is 30.1 Å². The third kappa shape index (κ3) is 9.06. The minimum atomic E-state index is -3.77. The molecule has 48 heavy (non-hydrogen) atoms. The van der Waals surface area contributed by atoms with Crippen LogP contribution in [0.4, 0.5) is 0 Å². The molecule has 0 saturated heterocycles. The summed E-state index contributed by atoms with van der Waals surface area (Å²) in [5, 5.41) is 0.343. The molecule has 0 amide bonds. The SMILES string of the molecule is Cc1ccc(S(=O)(=O)OCC(C)[C@H]2CC[C@H]3/C(=C/C=C4C[C@@H](O[Si](C)(C)C(C)(C)C)C[C@H](O[Si](C)(C)C(C)(C)C)C4)CCC[C@]23C)cc1. The number of benzene rings is 1. The standard InChI is InChI=1S/C40H68O5SSi2/c1-29-16-20-35(21-17-29)46(41,42)43-28-30(2)36-22-23-37-32(15-14-24-40(36,37)9)19-18-31-25-33(44-47(10,11)38(3,4)5)27-34(26-31)45-48(12,13)39(6,7)8/h16-21,30,33-34,36-37H,14-15,22-28H2,1-13H3/b32-19+/t30?,33-,34-,36-,37+,40-/m1/s1. The lowest BCUT2D eigenvalue weighted by atomic mass is 9.61. The summed E-state index contributed by atoms with van der Waals surface area (Å²) in [6.45, 7) is 30.3. The average molecular weight is 717 g/mol. The zero-order chi connectivity index (χ0) is 35.9. The third-order valence-corrected chi connectivity index (χ3v) is 23.5. The van der Waals surface area contributed by atoms with Crippen LogP contribution in [0.1, 0.15) is 112 Å². The highest BCUT2D eigenvalue weighted by molar-refractivity contribution is 7.86. The maximum absolute atomic E-state index is 13.0. The second-order valence-corrected chi connectivity index (χ2v) is 30.0. The zero-order valence-electron chi connectivity index (χ0n) is 32.7. The molecule has 3 fully saturated rings. The van der Waals surface area contributed by atoms with Crippen molar-refractivity contribution in [2.24, 2.45) is 23.2 Å². The van der Waals surface area contributed by atoms with Gasteiger partial charge in [0.15, 0.2) is 16.6 Å². The van der Waals surface area contributed by atoms with Crippen LogP contribution >= 0.6 is 0 Å². The molecule has 0 heterocycles. The monoisotopic (exact) mass is 716 g/mol. The molecule has 5 nitrogen and oxygen atoms in total. The first kappa shape index (κ1) is 39.7. The van der Waals surface area contributed by atoms with Crippen molar-refractivity contribution in [3.8, 4) is 0 Å². The van der Waals surface area contributed by atoms with Gasteiger partial charge in [-0.2, -0.15) is 8.42 Å². The van der Waals surface area contributed by atoms with E-state index in [1.807, 2.05) is 19.1 Å². The average Bonchev–Trinajstić information content (AvgIpc) is 3.31. The number of rotatable bonds is 10. The van der Waals surface area contributed by atoms with Gasteiger partial charge in [0.25, 0.3) is 10.1 Å². The fourth-order valence-corrected chi connectivity index (χ4v) is 11.9. The molecule has 0 aliphatic heterocycles. The summed E-state index contributed by atoms with van der Waals surface area (Å²) >= 11 is 0. The Bertz CT molecular complexity index is 1390. The van der Waals surface area contributed by atoms with Crippen LogP contribution in [0.2, 0.25) is 36.3 Å². The molecule has 3 saturated carbocycles. The number of allylic oxidation sites excluding steroid dienone is 3. The Labute approximate surface area is 297 Å². The third-order valence-electron chi connectivity index (χ3n) is 13.1. The number of hydrogen-bond donors (Lipinski definition) is 0. The molecule has 0 N–H and O–H groups in total. The van der Waals surface area contributed by atoms with Gasteiger partial charge < -0.3 is 8.85 Å². The first-order valence-electron chi connectivity index (χ1n) is 18.7. The summed E-state index contributed by atoms with van der Waals surface area (Å²) in [7, 11) is -7.61. The van der Waals surface area contributed by atoms with Gasteiger partial charge in [-0.1, -0.05) is 96.4 Å². The minimum absolute atomic E-state index is 0.160. The van der Waals surface area contributed by atoms with Gasteiger partial charge >= 0.3 is 0 Å². The van der Waals surface area contributed by atoms with E-state index >= 15 is 0 Å². The smallest absolute Gasteiger partial charge is 0.296 e. The van der Waals surface area contributed by atoms with E-state index in [0.29, 0.717) is 11.8 Å². The van der Waals surface area contributed by atoms with Gasteiger partial charge in [0.05, 0.1) is 23.7 Å². The fourth-order valence-electron chi connectivity index (χ4n) is 8.16. The highest BCUT2D eigenvalue weighted by atomic mass is 32.2. The van der Waals surface area contributed by atoms with Crippen molar-refractivity contribution in [3.05, 3.63) is 53.1 Å². The Kier molecular flexibility index (Phi) is 12.0. The topological polar surface area (TPSA) is 61.8 Å². The molecule has 1 aromatic rings. The van der Waals surface area contributed by atoms with Crippen molar-refractivity contribution < 1.29 is 21.5 Å². The van der Waals surface area contributed by atoms with Crippen LogP contribution in [-0.2, 0) is 23.2 Å². The molecule has 0 aromatic heterocycles. The second-order valence-electron chi connectivity index (χ2n) is 18.8. The van der Waals surface area contributed by atoms with Gasteiger partial charge in [0.2, 0.25) is 0 Å². The van der Waals surface area contributed by atoms with Crippen LogP contribution in [0.25, 0.3) is 0 Å². The van der Waals surface area contributed by atoms with Gasteiger partial charge in [0, 0.05) is 0 Å². The van der Waals surface area contributed by atoms with Crippen LogP contribution < -0.4 is 0 Å². The van der Waals surface area contributed by atoms with E-state index in [-0.39, 0.29) is 45.1 Å². The number of aryl methyl sites for hydroxylation is 1. The van der Waals surface area contributed by atoms with Crippen LogP contribution in [0.5, 0.6) is 0 Å². The predicted molar refractivity (Wildman–Crippen MR) is 206 cm³/mol. The Balaban J connectivity index is 1.51. The van der Waals surface area contributed by atoms with Crippen molar-refractivity contribution >= 4 is 26.8 Å². The van der Waals surface area contributed by atoms with E-state index in [0.717, 1.165) is 37.7 Å². The molecule has 3 aliphatic carbocycles. The molecule has 1 unspecified atom stereocenters. The van der Waals surface area contributed by atoms with Crippen LogP contribution in [0.3, 0.4) is 0 Å². The van der Waals surface area contributed by atoms with Crippen molar-refractivity contribution in [1.82, 2.24) is 0 Å². The molecule has 1 aromatic carbocycles. The molecule has 0 spiro atoms. The van der Waals surface area contributed by atoms with E-state index in [9.17, 15) is 8.42 Å². The van der Waals surface area contributed by atoms with Crippen molar-refractivity contribution in [1.29, 1.82) is 0 Å². The van der Waals surface area contributed by atoms with Crippen LogP contribution in [-0.4, -0.2) is 43.9 Å². The van der Waals surface area contributed by atoms with Gasteiger partial charge in [-0.25, -0.2) is 0 Å². The summed E-state index contributed by atoms with van der Waals surface area (Å²) in [4.78, 5) is 0.239. The molecule has 3 aliphatic rings. The lowest BCUT2D eigenvalue weighted by molar-refractivity contribution is 0.0724. The molecule has 8 heteroatoms. The first-order chi connectivity index (χ1) is 22.0. The predicted octanol–water partition coefficient (Wildman–Crippen LogP) is 11.4. The Morgan fingerprint density at radius 1 is 0.896 bits per heavy atom. The second kappa shape index (κ2) is 14.5. The van der Waals surface area contributed by atoms with Gasteiger partial charge in [-0.3, -0.25) is 4.18 Å². The van der Waals surface area contributed by atoms with E-state index in [1.54, 1.807) is 17.7 Å². The largest absolute Gasteiger partial charge is 0.414 e.